The Balaban J connectivity index is 1.60. The van der Waals surface area contributed by atoms with Crippen LogP contribution >= 0.6 is 11.3 Å². The maximum Gasteiger partial charge on any atom is 0.338 e. The fourth-order valence-corrected chi connectivity index (χ4v) is 6.10. The van der Waals surface area contributed by atoms with Gasteiger partial charge in [-0.3, -0.25) is 0 Å². The van der Waals surface area contributed by atoms with Crippen LogP contribution in [0.25, 0.3) is 0 Å². The number of esters is 1. The maximum atomic E-state index is 12.8. The Morgan fingerprint density at radius 1 is 0.767 bits per heavy atom. The highest BCUT2D eigenvalue weighted by molar-refractivity contribution is 7.97. The second kappa shape index (κ2) is 8.90. The van der Waals surface area contributed by atoms with Gasteiger partial charge in [0.2, 0.25) is 0 Å². The molecule has 2 nitrogen and oxygen atoms in total. The second-order valence-corrected chi connectivity index (χ2v) is 10.2. The number of hydrogen-bond acceptors (Lipinski definition) is 3. The van der Waals surface area contributed by atoms with Crippen LogP contribution in [-0.4, -0.2) is 5.97 Å². The average molecular weight is 432 g/mol. The first-order valence-corrected chi connectivity index (χ1v) is 11.9. The molecule has 1 aromatic heterocycles. The zero-order valence-electron chi connectivity index (χ0n) is 16.9. The van der Waals surface area contributed by atoms with Crippen molar-refractivity contribution in [3.05, 3.63) is 113 Å². The van der Waals surface area contributed by atoms with Crippen LogP contribution in [0, 0.1) is 0 Å². The van der Waals surface area contributed by atoms with Gasteiger partial charge >= 0.3 is 5.97 Å². The van der Waals surface area contributed by atoms with Crippen LogP contribution in [-0.2, 0) is 21.2 Å². The van der Waals surface area contributed by atoms with Crippen molar-refractivity contribution in [2.75, 3.05) is 0 Å². The van der Waals surface area contributed by atoms with Crippen molar-refractivity contribution >= 4 is 28.2 Å². The Labute approximate surface area is 184 Å². The molecule has 0 saturated heterocycles. The first kappa shape index (κ1) is 20.5. The van der Waals surface area contributed by atoms with Crippen LogP contribution in [0.3, 0.4) is 0 Å². The van der Waals surface area contributed by atoms with E-state index in [9.17, 15) is 4.79 Å². The molecular formula is C26H23O2S2+. The van der Waals surface area contributed by atoms with Crippen LogP contribution in [0.4, 0.5) is 0 Å². The number of thiophene rings is 1. The summed E-state index contributed by atoms with van der Waals surface area (Å²) in [5, 5.41) is 4.01. The molecule has 4 heteroatoms. The topological polar surface area (TPSA) is 26.3 Å². The van der Waals surface area contributed by atoms with Gasteiger partial charge in [-0.1, -0.05) is 36.4 Å². The average Bonchev–Trinajstić information content (AvgIpc) is 3.32. The molecule has 30 heavy (non-hydrogen) atoms. The lowest BCUT2D eigenvalue weighted by atomic mass is 10.0. The number of carbonyl (C=O) groups is 1. The molecule has 4 aromatic rings. The summed E-state index contributed by atoms with van der Waals surface area (Å²) in [6, 6.07) is 30.8. The zero-order chi connectivity index (χ0) is 21.0. The molecule has 0 aliphatic rings. The molecule has 0 spiro atoms. The third-order valence-electron chi connectivity index (χ3n) is 4.85. The molecule has 0 unspecified atom stereocenters. The van der Waals surface area contributed by atoms with Crippen molar-refractivity contribution in [2.24, 2.45) is 0 Å². The van der Waals surface area contributed by atoms with Gasteiger partial charge in [0.15, 0.2) is 14.7 Å². The third-order valence-corrected chi connectivity index (χ3v) is 7.76. The van der Waals surface area contributed by atoms with Gasteiger partial charge in [0, 0.05) is 5.56 Å². The van der Waals surface area contributed by atoms with Crippen LogP contribution < -0.4 is 0 Å². The van der Waals surface area contributed by atoms with Gasteiger partial charge in [0.25, 0.3) is 0 Å². The third kappa shape index (κ3) is 4.50. The number of rotatable bonds is 6. The standard InChI is InChI=1S/C26H23O2S2/c1-26(2,21-17-18-29-19-21)28-25(27)20-13-15-24(16-14-20)30(22-9-5-3-6-10-22)23-11-7-4-8-12-23/h3-19H,1-2H3/q+1. The van der Waals surface area contributed by atoms with E-state index in [0.29, 0.717) is 5.56 Å². The van der Waals surface area contributed by atoms with Gasteiger partial charge in [-0.2, -0.15) is 11.3 Å². The van der Waals surface area contributed by atoms with Crippen molar-refractivity contribution in [1.82, 2.24) is 0 Å². The Morgan fingerprint density at radius 3 is 1.80 bits per heavy atom. The molecule has 0 amide bonds. The van der Waals surface area contributed by atoms with Crippen molar-refractivity contribution < 1.29 is 9.53 Å². The van der Waals surface area contributed by atoms with Crippen molar-refractivity contribution in [2.45, 2.75) is 34.1 Å². The molecule has 0 aliphatic carbocycles. The number of hydrogen-bond donors (Lipinski definition) is 0. The maximum absolute atomic E-state index is 12.8. The van der Waals surface area contributed by atoms with Crippen molar-refractivity contribution in [1.29, 1.82) is 0 Å². The van der Waals surface area contributed by atoms with E-state index < -0.39 is 5.60 Å². The van der Waals surface area contributed by atoms with E-state index >= 15 is 0 Å². The summed E-state index contributed by atoms with van der Waals surface area (Å²) in [6.07, 6.45) is 0. The SMILES string of the molecule is CC(C)(OC(=O)c1ccc([S+](c2ccccc2)c2ccccc2)cc1)c1ccsc1. The molecule has 3 aromatic carbocycles. The van der Waals surface area contributed by atoms with E-state index in [0.717, 1.165) is 5.56 Å². The van der Waals surface area contributed by atoms with E-state index in [1.165, 1.54) is 14.7 Å². The summed E-state index contributed by atoms with van der Waals surface area (Å²) >= 11 is 1.60. The Kier molecular flexibility index (Phi) is 6.07. The van der Waals surface area contributed by atoms with Crippen molar-refractivity contribution in [3.63, 3.8) is 0 Å². The van der Waals surface area contributed by atoms with Gasteiger partial charge in [0.1, 0.15) is 5.60 Å². The Morgan fingerprint density at radius 2 is 1.30 bits per heavy atom. The lowest BCUT2D eigenvalue weighted by Crippen LogP contribution is -2.25. The second-order valence-electron chi connectivity index (χ2n) is 7.37. The highest BCUT2D eigenvalue weighted by Gasteiger charge is 2.30. The summed E-state index contributed by atoms with van der Waals surface area (Å²) < 4.78 is 5.81. The normalized spacial score (nSPS) is 11.4. The first-order chi connectivity index (χ1) is 14.5. The van der Waals surface area contributed by atoms with Crippen LogP contribution in [0.1, 0.15) is 29.8 Å². The summed E-state index contributed by atoms with van der Waals surface area (Å²) in [5.74, 6) is -0.308. The smallest absolute Gasteiger partial charge is 0.338 e. The predicted molar refractivity (Wildman–Crippen MR) is 124 cm³/mol. The summed E-state index contributed by atoms with van der Waals surface area (Å²) in [4.78, 5) is 16.4. The van der Waals surface area contributed by atoms with Gasteiger partial charge in [-0.25, -0.2) is 4.79 Å². The van der Waals surface area contributed by atoms with Gasteiger partial charge in [-0.15, -0.1) is 0 Å². The largest absolute Gasteiger partial charge is 0.451 e. The van der Waals surface area contributed by atoms with Crippen LogP contribution in [0.5, 0.6) is 0 Å². The number of carbonyl (C=O) groups excluding carboxylic acids is 1. The monoisotopic (exact) mass is 431 g/mol. The van der Waals surface area contributed by atoms with Gasteiger partial charge < -0.3 is 4.74 Å². The molecule has 0 fully saturated rings. The molecule has 4 rings (SSSR count). The summed E-state index contributed by atoms with van der Waals surface area (Å²) in [7, 11) is -0.230. The minimum absolute atomic E-state index is 0.230. The zero-order valence-corrected chi connectivity index (χ0v) is 18.6. The lowest BCUT2D eigenvalue weighted by molar-refractivity contribution is -0.00296. The van der Waals surface area contributed by atoms with E-state index in [-0.39, 0.29) is 16.9 Å². The molecule has 0 N–H and O–H groups in total. The van der Waals surface area contributed by atoms with E-state index in [2.05, 4.69) is 48.5 Å². The molecule has 0 radical (unpaired) electrons. The molecule has 0 bridgehead atoms. The highest BCUT2D eigenvalue weighted by Crippen LogP contribution is 2.32. The van der Waals surface area contributed by atoms with Gasteiger partial charge in [-0.05, 0) is 79.2 Å². The molecular weight excluding hydrogens is 408 g/mol. The van der Waals surface area contributed by atoms with Crippen LogP contribution in [0.15, 0.2) is 116 Å². The molecule has 0 atom stereocenters. The fraction of sp³-hybridized carbons (Fsp3) is 0.115. The summed E-state index contributed by atoms with van der Waals surface area (Å²) in [6.45, 7) is 3.84. The molecule has 0 aliphatic heterocycles. The van der Waals surface area contributed by atoms with Gasteiger partial charge in [0.05, 0.1) is 16.5 Å². The quantitative estimate of drug-likeness (QED) is 0.244. The van der Waals surface area contributed by atoms with E-state index in [4.69, 9.17) is 4.74 Å². The summed E-state index contributed by atoms with van der Waals surface area (Å²) in [5.41, 5.74) is 0.910. The first-order valence-electron chi connectivity index (χ1n) is 9.75. The molecule has 1 heterocycles. The van der Waals surface area contributed by atoms with E-state index in [1.54, 1.807) is 11.3 Å². The van der Waals surface area contributed by atoms with Crippen molar-refractivity contribution in [3.8, 4) is 0 Å². The lowest BCUT2D eigenvalue weighted by Gasteiger charge is -2.24. The minimum atomic E-state index is -0.659. The fourth-order valence-electron chi connectivity index (χ4n) is 3.21. The predicted octanol–water partition coefficient (Wildman–Crippen LogP) is 6.94. The Bertz CT molecular complexity index is 1050. The number of benzene rings is 3. The molecule has 0 saturated carbocycles. The minimum Gasteiger partial charge on any atom is -0.451 e. The molecule has 150 valence electrons. The van der Waals surface area contributed by atoms with Crippen LogP contribution in [0.2, 0.25) is 0 Å². The Hall–Kier alpha value is -2.82. The number of ether oxygens (including phenoxy) is 1. The highest BCUT2D eigenvalue weighted by atomic mass is 32.2. The van der Waals surface area contributed by atoms with E-state index in [1.807, 2.05) is 67.1 Å².